The summed E-state index contributed by atoms with van der Waals surface area (Å²) in [6, 6.07) is 7.92. The van der Waals surface area contributed by atoms with Gasteiger partial charge in [-0.15, -0.1) is 50.1 Å². The predicted octanol–water partition coefficient (Wildman–Crippen LogP) is 9.69. The minimum absolute atomic E-state index is 0.00816. The number of halogens is 3. The summed E-state index contributed by atoms with van der Waals surface area (Å²) in [5.41, 5.74) is 4.53. The van der Waals surface area contributed by atoms with Gasteiger partial charge in [0.1, 0.15) is 30.5 Å². The van der Waals surface area contributed by atoms with Crippen LogP contribution in [-0.4, -0.2) is 75.6 Å². The van der Waals surface area contributed by atoms with Gasteiger partial charge in [0.05, 0.1) is 18.2 Å². The molecule has 14 heteroatoms. The number of carbonyl (C=O) groups is 2. The second-order valence-corrected chi connectivity index (χ2v) is 17.0. The van der Waals surface area contributed by atoms with Crippen LogP contribution in [0.1, 0.15) is 119 Å². The van der Waals surface area contributed by atoms with E-state index in [1.807, 2.05) is 72.0 Å². The van der Waals surface area contributed by atoms with Gasteiger partial charge in [-0.25, -0.2) is 4.84 Å². The van der Waals surface area contributed by atoms with Crippen LogP contribution in [0.4, 0.5) is 0 Å². The molecular weight excluding hydrogens is 821 g/mol. The van der Waals surface area contributed by atoms with Gasteiger partial charge in [0.15, 0.2) is 5.82 Å². The van der Waals surface area contributed by atoms with E-state index in [9.17, 15) is 9.59 Å². The van der Waals surface area contributed by atoms with Gasteiger partial charge in [-0.1, -0.05) is 37.6 Å². The first-order valence-electron chi connectivity index (χ1n) is 18.7. The van der Waals surface area contributed by atoms with Gasteiger partial charge >= 0.3 is 0 Å². The second-order valence-electron chi connectivity index (χ2n) is 14.0. The number of alkyl halides is 1. The maximum Gasteiger partial charge on any atom is 0.219 e. The highest BCUT2D eigenvalue weighted by atomic mass is 79.9. The second kappa shape index (κ2) is 23.2. The number of quaternary nitrogens is 1. The molecule has 0 fully saturated rings. The maximum atomic E-state index is 11.4. The molecule has 0 saturated heterocycles. The molecule has 2 N–H and O–H groups in total. The number of unbranched alkanes of at least 4 members (excludes halogenated alkanes) is 1. The standard InChI is InChI=1S/C19H19ClN4S.C16H26BrClN2O2.C6H13NO/c1-5-15-18-23-22-12(4)24(18)19-16(10(2)11(3)25-19)17(21-15)13-6-8-14(20)9-7-13;1-5-7-8-12-20(3,22-4)15(17)13-14(18)10-9-11-16(21)19-6-2;1-4-6(2,3)7-5-8/h6-9,15H,5H2,1-4H3;1,13-14H,6-12H2,2-4H3;5H,4H2,1-3H3,(H,7,8)/p+1/b;15-13+;. The van der Waals surface area contributed by atoms with Crippen molar-refractivity contribution in [2.24, 2.45) is 4.99 Å². The van der Waals surface area contributed by atoms with Gasteiger partial charge in [0, 0.05) is 74.4 Å². The number of hydrogen-bond acceptors (Lipinski definition) is 7. The normalized spacial score (nSPS) is 15.2. The monoisotopic (exact) mass is 878 g/mol. The number of thiophene rings is 1. The van der Waals surface area contributed by atoms with Gasteiger partial charge < -0.3 is 10.6 Å². The SMILES string of the molecule is C#CCCC[N+](C)(OC)/C(Br)=C/C(Cl)CCCC(=O)NCC.CCC(C)(C)NC=O.CCC1N=C(c2ccc(Cl)cc2)c2c(sc(C)c2C)-n2c(C)nnc21. The molecule has 3 unspecified atom stereocenters. The number of benzene rings is 1. The third-order valence-electron chi connectivity index (χ3n) is 9.41. The Morgan fingerprint density at radius 3 is 2.40 bits per heavy atom. The van der Waals surface area contributed by atoms with E-state index in [2.05, 4.69) is 68.0 Å². The largest absolute Gasteiger partial charge is 0.356 e. The summed E-state index contributed by atoms with van der Waals surface area (Å²) in [7, 11) is 3.61. The maximum absolute atomic E-state index is 11.4. The molecule has 55 heavy (non-hydrogen) atoms. The summed E-state index contributed by atoms with van der Waals surface area (Å²) >= 11 is 17.7. The summed E-state index contributed by atoms with van der Waals surface area (Å²) in [6.45, 7) is 17.8. The Morgan fingerprint density at radius 2 is 1.85 bits per heavy atom. The molecule has 0 bridgehead atoms. The van der Waals surface area contributed by atoms with Gasteiger partial charge in [-0.2, -0.15) is 0 Å². The van der Waals surface area contributed by atoms with Crippen LogP contribution in [-0.2, 0) is 14.4 Å². The van der Waals surface area contributed by atoms with Crippen molar-refractivity contribution in [3.63, 3.8) is 0 Å². The van der Waals surface area contributed by atoms with Gasteiger partial charge in [-0.3, -0.25) is 19.1 Å². The van der Waals surface area contributed by atoms with Crippen LogP contribution >= 0.6 is 50.5 Å². The first kappa shape index (κ1) is 48.1. The first-order valence-corrected chi connectivity index (χ1v) is 21.2. The highest BCUT2D eigenvalue weighted by molar-refractivity contribution is 9.11. The van der Waals surface area contributed by atoms with E-state index in [-0.39, 0.29) is 22.9 Å². The zero-order valence-electron chi connectivity index (χ0n) is 34.1. The Hall–Kier alpha value is -3.05. The quantitative estimate of drug-likeness (QED) is 0.0283. The summed E-state index contributed by atoms with van der Waals surface area (Å²) in [5, 5.41) is 16.0. The molecule has 0 radical (unpaired) electrons. The van der Waals surface area contributed by atoms with E-state index < -0.39 is 0 Å². The predicted molar refractivity (Wildman–Crippen MR) is 232 cm³/mol. The van der Waals surface area contributed by atoms with Crippen LogP contribution in [0.15, 0.2) is 39.9 Å². The third-order valence-corrected chi connectivity index (χ3v) is 12.2. The Kier molecular flexibility index (Phi) is 20.3. The lowest BCUT2D eigenvalue weighted by Gasteiger charge is -2.29. The molecule has 3 aromatic rings. The minimum atomic E-state index is -0.149. The molecular formula is C41H59BrCl2N7O3S+. The number of fused-ring (bicyclic) bond motifs is 3. The Morgan fingerprint density at radius 1 is 1.18 bits per heavy atom. The van der Waals surface area contributed by atoms with Gasteiger partial charge in [0.25, 0.3) is 0 Å². The van der Waals surface area contributed by atoms with E-state index in [1.54, 1.807) is 18.4 Å². The highest BCUT2D eigenvalue weighted by Crippen LogP contribution is 2.39. The van der Waals surface area contributed by atoms with Crippen molar-refractivity contribution in [2.45, 2.75) is 117 Å². The molecule has 1 aromatic carbocycles. The van der Waals surface area contributed by atoms with Crippen molar-refractivity contribution in [3.05, 3.63) is 73.2 Å². The van der Waals surface area contributed by atoms with E-state index in [1.165, 1.54) is 16.0 Å². The number of aliphatic imine (C=N–C) groups is 1. The van der Waals surface area contributed by atoms with Crippen molar-refractivity contribution in [2.75, 3.05) is 27.2 Å². The number of aromatic nitrogens is 3. The lowest BCUT2D eigenvalue weighted by Crippen LogP contribution is -2.41. The first-order chi connectivity index (χ1) is 26.0. The Labute approximate surface area is 351 Å². The summed E-state index contributed by atoms with van der Waals surface area (Å²) < 4.78 is 3.34. The van der Waals surface area contributed by atoms with Crippen molar-refractivity contribution < 1.29 is 19.1 Å². The number of allylic oxidation sites excluding steroid dienone is 1. The van der Waals surface area contributed by atoms with Crippen LogP contribution in [0.2, 0.25) is 5.02 Å². The average Bonchev–Trinajstić information content (AvgIpc) is 3.62. The number of hydrogen-bond donors (Lipinski definition) is 2. The minimum Gasteiger partial charge on any atom is -0.356 e. The van der Waals surface area contributed by atoms with Crippen molar-refractivity contribution in [1.29, 1.82) is 0 Å². The van der Waals surface area contributed by atoms with Crippen LogP contribution < -0.4 is 10.6 Å². The molecule has 3 heterocycles. The van der Waals surface area contributed by atoms with Crippen LogP contribution in [0, 0.1) is 33.1 Å². The summed E-state index contributed by atoms with van der Waals surface area (Å²) in [5.74, 6) is 4.53. The Balaban J connectivity index is 0.000000321. The van der Waals surface area contributed by atoms with E-state index in [4.69, 9.17) is 39.5 Å². The number of carbonyl (C=O) groups excluding carboxylic acids is 2. The molecule has 2 aromatic heterocycles. The topological polar surface area (TPSA) is 110 Å². The van der Waals surface area contributed by atoms with E-state index in [0.29, 0.717) is 24.0 Å². The molecule has 4 rings (SSSR count). The third kappa shape index (κ3) is 14.1. The van der Waals surface area contributed by atoms with Gasteiger partial charge in [-0.05, 0) is 84.9 Å². The number of nitrogens with one attached hydrogen (secondary N) is 2. The fraction of sp³-hybridized carbons (Fsp3) is 0.537. The molecule has 0 saturated carbocycles. The molecule has 302 valence electrons. The molecule has 1 aliphatic rings. The van der Waals surface area contributed by atoms with E-state index >= 15 is 0 Å². The fourth-order valence-electron chi connectivity index (χ4n) is 5.43. The molecule has 2 amide bonds. The zero-order valence-corrected chi connectivity index (χ0v) is 38.0. The zero-order chi connectivity index (χ0) is 41.3. The molecule has 3 atom stereocenters. The lowest BCUT2D eigenvalue weighted by atomic mass is 10.00. The number of aryl methyl sites for hydroxylation is 2. The smallest absolute Gasteiger partial charge is 0.219 e. The molecule has 0 spiro atoms. The number of terminal acetylenes is 1. The van der Waals surface area contributed by atoms with Crippen LogP contribution in [0.25, 0.3) is 5.00 Å². The van der Waals surface area contributed by atoms with Crippen LogP contribution in [0.3, 0.4) is 0 Å². The van der Waals surface area contributed by atoms with Crippen molar-refractivity contribution in [1.82, 2.24) is 25.4 Å². The molecule has 0 aliphatic carbocycles. The lowest BCUT2D eigenvalue weighted by molar-refractivity contribution is -1.05. The average molecular weight is 881 g/mol. The van der Waals surface area contributed by atoms with Crippen molar-refractivity contribution in [3.8, 4) is 17.3 Å². The highest BCUT2D eigenvalue weighted by Gasteiger charge is 2.31. The summed E-state index contributed by atoms with van der Waals surface area (Å²) in [6.07, 6.45) is 13.4. The number of hydroxylamine groups is 3. The van der Waals surface area contributed by atoms with Gasteiger partial charge in [0.2, 0.25) is 16.9 Å². The molecule has 10 nitrogen and oxygen atoms in total. The number of nitrogens with zero attached hydrogens (tertiary/aromatic N) is 5. The van der Waals surface area contributed by atoms with Crippen molar-refractivity contribution >= 4 is 68.5 Å². The molecule has 1 aliphatic heterocycles. The summed E-state index contributed by atoms with van der Waals surface area (Å²) in [4.78, 5) is 33.2. The fourth-order valence-corrected chi connectivity index (χ4v) is 7.84. The van der Waals surface area contributed by atoms with E-state index in [0.717, 1.165) is 82.6 Å². The number of rotatable bonds is 16. The van der Waals surface area contributed by atoms with Crippen LogP contribution in [0.5, 0.6) is 0 Å². The number of amides is 2. The Bertz CT molecular complexity index is 1800.